The molecule has 0 unspecified atom stereocenters. The lowest BCUT2D eigenvalue weighted by Crippen LogP contribution is -2.11. The van der Waals surface area contributed by atoms with Crippen LogP contribution in [0.5, 0.6) is 0 Å². The third-order valence-electron chi connectivity index (χ3n) is 4.10. The first-order chi connectivity index (χ1) is 14.2. The SMILES string of the molecule is Nc1ccccc1NC(=O)c1ccc(CNc2nccc(-c3ccccn3)n2)s1. The third-order valence-corrected chi connectivity index (χ3v) is 5.18. The van der Waals surface area contributed by atoms with E-state index in [2.05, 4.69) is 25.6 Å². The summed E-state index contributed by atoms with van der Waals surface area (Å²) in [6.07, 6.45) is 3.42. The molecule has 8 heteroatoms. The molecule has 4 rings (SSSR count). The maximum atomic E-state index is 12.4. The van der Waals surface area contributed by atoms with Gasteiger partial charge in [-0.05, 0) is 42.5 Å². The fourth-order valence-corrected chi connectivity index (χ4v) is 3.50. The molecule has 0 aliphatic heterocycles. The number of nitrogens with one attached hydrogen (secondary N) is 2. The highest BCUT2D eigenvalue weighted by Gasteiger charge is 2.11. The molecule has 7 nitrogen and oxygen atoms in total. The summed E-state index contributed by atoms with van der Waals surface area (Å²) in [6.45, 7) is 0.511. The van der Waals surface area contributed by atoms with Crippen LogP contribution < -0.4 is 16.4 Å². The second-order valence-electron chi connectivity index (χ2n) is 6.14. The van der Waals surface area contributed by atoms with Gasteiger partial charge in [-0.3, -0.25) is 9.78 Å². The summed E-state index contributed by atoms with van der Waals surface area (Å²) in [4.78, 5) is 27.1. The average Bonchev–Trinajstić information content (AvgIpc) is 3.24. The Morgan fingerprint density at radius 3 is 2.62 bits per heavy atom. The Morgan fingerprint density at radius 2 is 1.79 bits per heavy atom. The van der Waals surface area contributed by atoms with E-state index >= 15 is 0 Å². The molecule has 0 radical (unpaired) electrons. The van der Waals surface area contributed by atoms with E-state index in [0.717, 1.165) is 16.3 Å². The first kappa shape index (κ1) is 18.6. The largest absolute Gasteiger partial charge is 0.397 e. The van der Waals surface area contributed by atoms with E-state index in [0.29, 0.717) is 28.7 Å². The quantitative estimate of drug-likeness (QED) is 0.420. The molecule has 0 spiro atoms. The Labute approximate surface area is 171 Å². The van der Waals surface area contributed by atoms with Crippen LogP contribution in [0.4, 0.5) is 17.3 Å². The molecule has 0 fully saturated rings. The Hall–Kier alpha value is -3.78. The number of aromatic nitrogens is 3. The van der Waals surface area contributed by atoms with Crippen molar-refractivity contribution in [3.63, 3.8) is 0 Å². The number of hydrogen-bond acceptors (Lipinski definition) is 7. The van der Waals surface area contributed by atoms with E-state index in [1.807, 2.05) is 42.5 Å². The molecule has 0 aliphatic carbocycles. The Balaban J connectivity index is 1.40. The minimum Gasteiger partial charge on any atom is -0.397 e. The summed E-state index contributed by atoms with van der Waals surface area (Å²) in [5.74, 6) is 0.317. The van der Waals surface area contributed by atoms with Gasteiger partial charge in [0.25, 0.3) is 5.91 Å². The second kappa shape index (κ2) is 8.49. The number of thiophene rings is 1. The van der Waals surface area contributed by atoms with Gasteiger partial charge in [-0.25, -0.2) is 9.97 Å². The van der Waals surface area contributed by atoms with Gasteiger partial charge in [0.05, 0.1) is 34.2 Å². The smallest absolute Gasteiger partial charge is 0.265 e. The first-order valence-electron chi connectivity index (χ1n) is 8.92. The summed E-state index contributed by atoms with van der Waals surface area (Å²) < 4.78 is 0. The van der Waals surface area contributed by atoms with Crippen LogP contribution in [-0.4, -0.2) is 20.9 Å². The molecule has 0 atom stereocenters. The predicted octanol–water partition coefficient (Wildman–Crippen LogP) is 4.05. The van der Waals surface area contributed by atoms with Crippen molar-refractivity contribution < 1.29 is 4.79 Å². The molecule has 0 saturated carbocycles. The Kier molecular flexibility index (Phi) is 5.44. The minimum atomic E-state index is -0.187. The Morgan fingerprint density at radius 1 is 0.931 bits per heavy atom. The fraction of sp³-hybridized carbons (Fsp3) is 0.0476. The monoisotopic (exact) mass is 402 g/mol. The number of para-hydroxylation sites is 2. The molecule has 3 aromatic heterocycles. The van der Waals surface area contributed by atoms with Crippen molar-refractivity contribution in [2.24, 2.45) is 0 Å². The molecule has 0 bridgehead atoms. The van der Waals surface area contributed by atoms with E-state index in [9.17, 15) is 4.79 Å². The zero-order chi connectivity index (χ0) is 20.1. The molecule has 4 aromatic rings. The van der Waals surface area contributed by atoms with Crippen molar-refractivity contribution in [2.75, 3.05) is 16.4 Å². The number of nitrogens with zero attached hydrogens (tertiary/aromatic N) is 3. The van der Waals surface area contributed by atoms with Gasteiger partial charge in [-0.15, -0.1) is 11.3 Å². The lowest BCUT2D eigenvalue weighted by Gasteiger charge is -2.06. The first-order valence-corrected chi connectivity index (χ1v) is 9.73. The van der Waals surface area contributed by atoms with Crippen LogP contribution >= 0.6 is 11.3 Å². The van der Waals surface area contributed by atoms with E-state index in [-0.39, 0.29) is 5.91 Å². The molecule has 0 saturated heterocycles. The van der Waals surface area contributed by atoms with Crippen molar-refractivity contribution in [1.29, 1.82) is 0 Å². The molecule has 1 aromatic carbocycles. The van der Waals surface area contributed by atoms with Gasteiger partial charge in [0, 0.05) is 17.3 Å². The molecule has 0 aliphatic rings. The number of hydrogen-bond donors (Lipinski definition) is 3. The zero-order valence-electron chi connectivity index (χ0n) is 15.4. The number of pyridine rings is 1. The number of benzene rings is 1. The summed E-state index contributed by atoms with van der Waals surface area (Å²) in [7, 11) is 0. The lowest BCUT2D eigenvalue weighted by molar-refractivity contribution is 0.103. The van der Waals surface area contributed by atoms with Crippen LogP contribution in [0.2, 0.25) is 0 Å². The number of nitrogens with two attached hydrogens (primary N) is 1. The van der Waals surface area contributed by atoms with Gasteiger partial charge in [-0.2, -0.15) is 0 Å². The molecule has 144 valence electrons. The maximum Gasteiger partial charge on any atom is 0.265 e. The molecule has 29 heavy (non-hydrogen) atoms. The highest BCUT2D eigenvalue weighted by Crippen LogP contribution is 2.22. The van der Waals surface area contributed by atoms with Crippen molar-refractivity contribution in [3.05, 3.63) is 82.8 Å². The summed E-state index contributed by atoms with van der Waals surface area (Å²) in [5, 5.41) is 6.02. The normalized spacial score (nSPS) is 10.5. The standard InChI is InChI=1S/C21H18N6OS/c22-15-5-1-2-6-16(15)26-20(28)19-9-8-14(29-19)13-25-21-24-12-10-18(27-21)17-7-3-4-11-23-17/h1-12H,13,22H2,(H,26,28)(H,24,25,27). The third kappa shape index (κ3) is 4.56. The highest BCUT2D eigenvalue weighted by molar-refractivity contribution is 7.14. The lowest BCUT2D eigenvalue weighted by atomic mass is 10.2. The zero-order valence-corrected chi connectivity index (χ0v) is 16.2. The summed E-state index contributed by atoms with van der Waals surface area (Å²) in [6, 6.07) is 18.4. The molecule has 3 heterocycles. The number of amides is 1. The Bertz CT molecular complexity index is 1130. The molecule has 1 amide bonds. The second-order valence-corrected chi connectivity index (χ2v) is 7.31. The molecular formula is C21H18N6OS. The van der Waals surface area contributed by atoms with Crippen molar-refractivity contribution in [1.82, 2.24) is 15.0 Å². The van der Waals surface area contributed by atoms with Crippen LogP contribution in [0.1, 0.15) is 14.5 Å². The van der Waals surface area contributed by atoms with Gasteiger partial charge in [-0.1, -0.05) is 18.2 Å². The van der Waals surface area contributed by atoms with Gasteiger partial charge in [0.15, 0.2) is 0 Å². The van der Waals surface area contributed by atoms with Crippen molar-refractivity contribution >= 4 is 34.6 Å². The summed E-state index contributed by atoms with van der Waals surface area (Å²) in [5.41, 5.74) is 8.54. The van der Waals surface area contributed by atoms with Crippen LogP contribution in [0.25, 0.3) is 11.4 Å². The number of nitrogen functional groups attached to an aromatic ring is 1. The highest BCUT2D eigenvalue weighted by atomic mass is 32.1. The maximum absolute atomic E-state index is 12.4. The van der Waals surface area contributed by atoms with Crippen LogP contribution in [-0.2, 0) is 6.54 Å². The molecule has 4 N–H and O–H groups in total. The number of carbonyl (C=O) groups is 1. The van der Waals surface area contributed by atoms with Crippen molar-refractivity contribution in [2.45, 2.75) is 6.54 Å². The van der Waals surface area contributed by atoms with Gasteiger partial charge >= 0.3 is 0 Å². The average molecular weight is 402 g/mol. The minimum absolute atomic E-state index is 0.187. The van der Waals surface area contributed by atoms with Crippen LogP contribution in [0.15, 0.2) is 73.1 Å². The number of anilines is 3. The fourth-order valence-electron chi connectivity index (χ4n) is 2.66. The van der Waals surface area contributed by atoms with Gasteiger partial charge in [0.1, 0.15) is 0 Å². The summed E-state index contributed by atoms with van der Waals surface area (Å²) >= 11 is 1.40. The number of rotatable bonds is 6. The van der Waals surface area contributed by atoms with E-state index in [1.165, 1.54) is 11.3 Å². The topological polar surface area (TPSA) is 106 Å². The van der Waals surface area contributed by atoms with Crippen LogP contribution in [0.3, 0.4) is 0 Å². The van der Waals surface area contributed by atoms with E-state index in [1.54, 1.807) is 30.6 Å². The van der Waals surface area contributed by atoms with E-state index < -0.39 is 0 Å². The van der Waals surface area contributed by atoms with E-state index in [4.69, 9.17) is 5.73 Å². The predicted molar refractivity (Wildman–Crippen MR) is 116 cm³/mol. The van der Waals surface area contributed by atoms with Gasteiger partial charge < -0.3 is 16.4 Å². The van der Waals surface area contributed by atoms with Crippen LogP contribution in [0, 0.1) is 0 Å². The van der Waals surface area contributed by atoms with Crippen molar-refractivity contribution in [3.8, 4) is 11.4 Å². The number of carbonyl (C=O) groups excluding carboxylic acids is 1. The molecular weight excluding hydrogens is 384 g/mol. The van der Waals surface area contributed by atoms with Gasteiger partial charge in [0.2, 0.25) is 5.95 Å².